The van der Waals surface area contributed by atoms with Crippen molar-refractivity contribution in [3.05, 3.63) is 47.2 Å². The molecule has 1 aromatic heterocycles. The Balaban J connectivity index is 1.29. The first kappa shape index (κ1) is 33.1. The number of aliphatic hydroxyl groups excluding tert-OH is 3. The smallest absolute Gasteiger partial charge is 0.311 e. The van der Waals surface area contributed by atoms with Crippen LogP contribution in [-0.4, -0.2) is 56.3 Å². The lowest BCUT2D eigenvalue weighted by Crippen LogP contribution is -2.37. The van der Waals surface area contributed by atoms with Gasteiger partial charge in [-0.3, -0.25) is 4.79 Å². The molecule has 4 saturated carbocycles. The molecule has 0 amide bonds. The lowest BCUT2D eigenvalue weighted by Gasteiger charge is -2.44. The lowest BCUT2D eigenvalue weighted by molar-refractivity contribution is -0.157. The van der Waals surface area contributed by atoms with Crippen molar-refractivity contribution >= 4 is 5.97 Å². The highest BCUT2D eigenvalue weighted by molar-refractivity contribution is 5.72. The Bertz CT molecular complexity index is 1250. The zero-order valence-corrected chi connectivity index (χ0v) is 27.3. The Morgan fingerprint density at radius 1 is 1.18 bits per heavy atom. The second kappa shape index (κ2) is 13.6. The molecule has 0 bridgehead atoms. The van der Waals surface area contributed by atoms with E-state index in [4.69, 9.17) is 14.2 Å². The Labute approximate surface area is 263 Å². The van der Waals surface area contributed by atoms with Crippen LogP contribution in [0.4, 0.5) is 0 Å². The maximum Gasteiger partial charge on any atom is 0.311 e. The molecule has 44 heavy (non-hydrogen) atoms. The third-order valence-corrected chi connectivity index (χ3v) is 11.6. The summed E-state index contributed by atoms with van der Waals surface area (Å²) in [5.74, 6) is 1.91. The van der Waals surface area contributed by atoms with Gasteiger partial charge in [-0.25, -0.2) is 0 Å². The fourth-order valence-corrected chi connectivity index (χ4v) is 8.66. The maximum atomic E-state index is 12.9. The van der Waals surface area contributed by atoms with Gasteiger partial charge in [0.05, 0.1) is 30.1 Å². The van der Waals surface area contributed by atoms with Crippen LogP contribution in [0.1, 0.15) is 116 Å². The standard InChI is InChI=1S/C36H54N2O6/c1-6-8-32-37-34(44-38-32)36(17-18-36)31(43-33(42)23(3)21-39)15-10-22(2)28-13-14-29-25(9-7-16-35(28,29)5)11-12-26-19-27(40)20-30(41)24(26)4/h11-12,22-23,27-31,39-41H,4,6-10,13-21H2,1-3,5H3/b25-11+,26-12-/t22-,23?,27-,28-,29+,30+,31-,35-/m1/s1. The van der Waals surface area contributed by atoms with Crippen LogP contribution in [0.3, 0.4) is 0 Å². The first-order chi connectivity index (χ1) is 21.0. The van der Waals surface area contributed by atoms with Crippen molar-refractivity contribution in [2.45, 2.75) is 135 Å². The van der Waals surface area contributed by atoms with Gasteiger partial charge in [0.1, 0.15) is 6.10 Å². The SMILES string of the molecule is C=C1/C(=C\C=C2/CCC[C@]3(C)[C@@H]([C@H](C)CC[C@@H](OC(=O)C(C)CO)C4(c5nc(CCC)no5)CC4)CC[C@@H]23)C[C@@H](O)C[C@@H]1O. The number of aromatic nitrogens is 2. The average Bonchev–Trinajstić information content (AvgIpc) is 3.52. The fraction of sp³-hybridized carbons (Fsp3) is 0.750. The minimum absolute atomic E-state index is 0.209. The highest BCUT2D eigenvalue weighted by Crippen LogP contribution is 2.60. The number of hydrogen-bond donors (Lipinski definition) is 3. The summed E-state index contributed by atoms with van der Waals surface area (Å²) in [5, 5.41) is 34.3. The molecule has 8 nitrogen and oxygen atoms in total. The van der Waals surface area contributed by atoms with Crippen LogP contribution >= 0.6 is 0 Å². The molecule has 4 aliphatic rings. The molecule has 8 heteroatoms. The van der Waals surface area contributed by atoms with Crippen molar-refractivity contribution in [1.82, 2.24) is 10.1 Å². The molecule has 4 aliphatic carbocycles. The second-order valence-electron chi connectivity index (χ2n) is 14.6. The molecule has 3 N–H and O–H groups in total. The number of allylic oxidation sites excluding steroid dienone is 3. The lowest BCUT2D eigenvalue weighted by atomic mass is 9.60. The van der Waals surface area contributed by atoms with Crippen molar-refractivity contribution in [3.63, 3.8) is 0 Å². The van der Waals surface area contributed by atoms with E-state index in [0.29, 0.717) is 42.3 Å². The van der Waals surface area contributed by atoms with Crippen LogP contribution in [0.25, 0.3) is 0 Å². The molecule has 4 fully saturated rings. The number of fused-ring (bicyclic) bond motifs is 1. The van der Waals surface area contributed by atoms with Crippen molar-refractivity contribution in [2.24, 2.45) is 29.1 Å². The largest absolute Gasteiger partial charge is 0.461 e. The Morgan fingerprint density at radius 2 is 1.95 bits per heavy atom. The molecule has 1 aromatic rings. The van der Waals surface area contributed by atoms with E-state index in [9.17, 15) is 20.1 Å². The molecule has 1 heterocycles. The van der Waals surface area contributed by atoms with Crippen LogP contribution in [0.2, 0.25) is 0 Å². The van der Waals surface area contributed by atoms with Gasteiger partial charge in [-0.2, -0.15) is 4.98 Å². The minimum Gasteiger partial charge on any atom is -0.461 e. The first-order valence-electron chi connectivity index (χ1n) is 17.1. The number of rotatable bonds is 12. The van der Waals surface area contributed by atoms with Gasteiger partial charge in [0, 0.05) is 12.8 Å². The van der Waals surface area contributed by atoms with Crippen LogP contribution in [0.15, 0.2) is 40.0 Å². The Hall–Kier alpha value is -2.29. The van der Waals surface area contributed by atoms with Crippen molar-refractivity contribution in [2.75, 3.05) is 6.61 Å². The molecular weight excluding hydrogens is 556 g/mol. The quantitative estimate of drug-likeness (QED) is 0.241. The van der Waals surface area contributed by atoms with Gasteiger partial charge in [0.2, 0.25) is 5.89 Å². The van der Waals surface area contributed by atoms with E-state index in [0.717, 1.165) is 62.5 Å². The summed E-state index contributed by atoms with van der Waals surface area (Å²) in [5.41, 5.74) is 2.98. The topological polar surface area (TPSA) is 126 Å². The third-order valence-electron chi connectivity index (χ3n) is 11.6. The van der Waals surface area contributed by atoms with E-state index >= 15 is 0 Å². The van der Waals surface area contributed by atoms with E-state index in [1.165, 1.54) is 24.8 Å². The summed E-state index contributed by atoms with van der Waals surface area (Å²) in [6.45, 7) is 12.5. The van der Waals surface area contributed by atoms with Crippen molar-refractivity contribution in [1.29, 1.82) is 0 Å². The number of aliphatic hydroxyl groups is 3. The summed E-state index contributed by atoms with van der Waals surface area (Å²) in [6, 6.07) is 0. The molecule has 0 aromatic carbocycles. The molecule has 5 rings (SSSR count). The zero-order chi connectivity index (χ0) is 31.6. The van der Waals surface area contributed by atoms with Crippen molar-refractivity contribution in [3.8, 4) is 0 Å². The summed E-state index contributed by atoms with van der Waals surface area (Å²) < 4.78 is 11.9. The van der Waals surface area contributed by atoms with Gasteiger partial charge in [0.15, 0.2) is 5.82 Å². The molecule has 0 spiro atoms. The highest BCUT2D eigenvalue weighted by atomic mass is 16.5. The predicted octanol–water partition coefficient (Wildman–Crippen LogP) is 6.15. The zero-order valence-electron chi connectivity index (χ0n) is 27.3. The van der Waals surface area contributed by atoms with Gasteiger partial charge in [-0.05, 0) is 112 Å². The number of hydrogen-bond acceptors (Lipinski definition) is 8. The van der Waals surface area contributed by atoms with E-state index < -0.39 is 23.5 Å². The van der Waals surface area contributed by atoms with Crippen LogP contribution < -0.4 is 0 Å². The molecule has 8 atom stereocenters. The predicted molar refractivity (Wildman–Crippen MR) is 168 cm³/mol. The van der Waals surface area contributed by atoms with Crippen LogP contribution in [0.5, 0.6) is 0 Å². The Kier molecular flexibility index (Phi) is 10.2. The van der Waals surface area contributed by atoms with Crippen LogP contribution in [0, 0.1) is 29.1 Å². The Morgan fingerprint density at radius 3 is 2.66 bits per heavy atom. The normalized spacial score (nSPS) is 33.7. The molecule has 244 valence electrons. The summed E-state index contributed by atoms with van der Waals surface area (Å²) in [6.07, 6.45) is 14.7. The highest BCUT2D eigenvalue weighted by Gasteiger charge is 2.58. The molecule has 0 aliphatic heterocycles. The van der Waals surface area contributed by atoms with Gasteiger partial charge >= 0.3 is 5.97 Å². The number of carbonyl (C=O) groups excluding carboxylic acids is 1. The van der Waals surface area contributed by atoms with Crippen LogP contribution in [-0.2, 0) is 21.4 Å². The van der Waals surface area contributed by atoms with Gasteiger partial charge in [-0.15, -0.1) is 0 Å². The minimum atomic E-state index is -0.667. The van der Waals surface area contributed by atoms with Gasteiger partial charge in [0.25, 0.3) is 0 Å². The summed E-state index contributed by atoms with van der Waals surface area (Å²) in [4.78, 5) is 17.6. The molecular formula is C36H54N2O6. The average molecular weight is 611 g/mol. The van der Waals surface area contributed by atoms with E-state index in [1.807, 2.05) is 0 Å². The second-order valence-corrected chi connectivity index (χ2v) is 14.6. The number of nitrogens with zero attached hydrogens (tertiary/aromatic N) is 2. The van der Waals surface area contributed by atoms with E-state index in [1.54, 1.807) is 6.92 Å². The van der Waals surface area contributed by atoms with E-state index in [-0.39, 0.29) is 24.1 Å². The van der Waals surface area contributed by atoms with Crippen molar-refractivity contribution < 1.29 is 29.4 Å². The number of aryl methyl sites for hydroxylation is 1. The number of esters is 1. The van der Waals surface area contributed by atoms with Gasteiger partial charge in [-0.1, -0.05) is 50.2 Å². The van der Waals surface area contributed by atoms with E-state index in [2.05, 4.69) is 44.7 Å². The monoisotopic (exact) mass is 610 g/mol. The summed E-state index contributed by atoms with van der Waals surface area (Å²) >= 11 is 0. The maximum absolute atomic E-state index is 12.9. The molecule has 0 radical (unpaired) electrons. The third kappa shape index (κ3) is 6.63. The molecule has 0 saturated heterocycles. The number of ether oxygens (including phenoxy) is 1. The fourth-order valence-electron chi connectivity index (χ4n) is 8.66. The summed E-state index contributed by atoms with van der Waals surface area (Å²) in [7, 11) is 0. The molecule has 1 unspecified atom stereocenters. The number of carbonyl (C=O) groups is 1. The first-order valence-corrected chi connectivity index (χ1v) is 17.1. The van der Waals surface area contributed by atoms with Gasteiger partial charge < -0.3 is 24.6 Å².